The molecule has 1 aromatic carbocycles. The van der Waals surface area contributed by atoms with E-state index >= 15 is 0 Å². The molecule has 2 amide bonds. The van der Waals surface area contributed by atoms with Gasteiger partial charge in [0.25, 0.3) is 0 Å². The fourth-order valence-electron chi connectivity index (χ4n) is 1.20. The first-order valence-corrected chi connectivity index (χ1v) is 4.62. The Balaban J connectivity index is 2.23. The SMILES string of the molecule is CNC(=O)Nc1cccc(-n2cnnn2)c1. The second kappa shape index (κ2) is 4.39. The van der Waals surface area contributed by atoms with Crippen molar-refractivity contribution in [2.75, 3.05) is 12.4 Å². The summed E-state index contributed by atoms with van der Waals surface area (Å²) in [5.41, 5.74) is 1.45. The molecule has 0 spiro atoms. The fraction of sp³-hybridized carbons (Fsp3) is 0.111. The van der Waals surface area contributed by atoms with E-state index < -0.39 is 0 Å². The second-order valence-electron chi connectivity index (χ2n) is 3.01. The minimum absolute atomic E-state index is 0.270. The molecule has 2 aromatic rings. The van der Waals surface area contributed by atoms with Crippen LogP contribution in [-0.2, 0) is 0 Å². The molecule has 2 N–H and O–H groups in total. The van der Waals surface area contributed by atoms with E-state index in [-0.39, 0.29) is 6.03 Å². The number of carbonyl (C=O) groups excluding carboxylic acids is 1. The van der Waals surface area contributed by atoms with Crippen LogP contribution in [0.5, 0.6) is 0 Å². The zero-order valence-corrected chi connectivity index (χ0v) is 8.58. The molecule has 0 saturated heterocycles. The van der Waals surface area contributed by atoms with Crippen molar-refractivity contribution in [2.45, 2.75) is 0 Å². The van der Waals surface area contributed by atoms with Crippen molar-refractivity contribution < 1.29 is 4.79 Å². The summed E-state index contributed by atoms with van der Waals surface area (Å²) in [6, 6.07) is 6.93. The Labute approximate surface area is 91.5 Å². The number of benzene rings is 1. The van der Waals surface area contributed by atoms with Crippen LogP contribution < -0.4 is 10.6 Å². The van der Waals surface area contributed by atoms with Gasteiger partial charge in [0, 0.05) is 12.7 Å². The van der Waals surface area contributed by atoms with E-state index in [1.54, 1.807) is 19.2 Å². The van der Waals surface area contributed by atoms with E-state index in [4.69, 9.17) is 0 Å². The van der Waals surface area contributed by atoms with Crippen molar-refractivity contribution in [1.82, 2.24) is 25.5 Å². The highest BCUT2D eigenvalue weighted by atomic mass is 16.2. The molecule has 0 atom stereocenters. The van der Waals surface area contributed by atoms with Crippen LogP contribution in [0.15, 0.2) is 30.6 Å². The number of rotatable bonds is 2. The lowest BCUT2D eigenvalue weighted by atomic mass is 10.3. The quantitative estimate of drug-likeness (QED) is 0.764. The van der Waals surface area contributed by atoms with Crippen molar-refractivity contribution in [3.8, 4) is 5.69 Å². The summed E-state index contributed by atoms with van der Waals surface area (Å²) in [6.07, 6.45) is 1.49. The molecule has 0 fully saturated rings. The van der Waals surface area contributed by atoms with Crippen LogP contribution in [-0.4, -0.2) is 33.3 Å². The molecule has 7 heteroatoms. The van der Waals surface area contributed by atoms with Gasteiger partial charge in [-0.25, -0.2) is 9.48 Å². The van der Waals surface area contributed by atoms with Crippen LogP contribution in [0.1, 0.15) is 0 Å². The summed E-state index contributed by atoms with van der Waals surface area (Å²) in [7, 11) is 1.56. The zero-order valence-electron chi connectivity index (χ0n) is 8.58. The van der Waals surface area contributed by atoms with Gasteiger partial charge in [0.05, 0.1) is 5.69 Å². The van der Waals surface area contributed by atoms with Crippen LogP contribution >= 0.6 is 0 Å². The smallest absolute Gasteiger partial charge is 0.318 e. The molecule has 0 aliphatic carbocycles. The monoisotopic (exact) mass is 218 g/mol. The Hall–Kier alpha value is -2.44. The van der Waals surface area contributed by atoms with Gasteiger partial charge in [-0.3, -0.25) is 0 Å². The van der Waals surface area contributed by atoms with Crippen molar-refractivity contribution in [1.29, 1.82) is 0 Å². The third-order valence-corrected chi connectivity index (χ3v) is 1.94. The van der Waals surface area contributed by atoms with Crippen LogP contribution in [0.25, 0.3) is 5.69 Å². The largest absolute Gasteiger partial charge is 0.341 e. The molecule has 2 rings (SSSR count). The molecule has 7 nitrogen and oxygen atoms in total. The van der Waals surface area contributed by atoms with Crippen LogP contribution in [0.2, 0.25) is 0 Å². The summed E-state index contributed by atoms with van der Waals surface area (Å²) in [6.45, 7) is 0. The number of amides is 2. The topological polar surface area (TPSA) is 84.7 Å². The molecular weight excluding hydrogens is 208 g/mol. The van der Waals surface area contributed by atoms with Gasteiger partial charge in [-0.2, -0.15) is 0 Å². The van der Waals surface area contributed by atoms with Crippen molar-refractivity contribution >= 4 is 11.7 Å². The summed E-state index contributed by atoms with van der Waals surface area (Å²) >= 11 is 0. The fourth-order valence-corrected chi connectivity index (χ4v) is 1.20. The number of hydrogen-bond donors (Lipinski definition) is 2. The van der Waals surface area contributed by atoms with Gasteiger partial charge in [-0.05, 0) is 28.6 Å². The van der Waals surface area contributed by atoms with Gasteiger partial charge >= 0.3 is 6.03 Å². The summed E-state index contributed by atoms with van der Waals surface area (Å²) in [5.74, 6) is 0. The van der Waals surface area contributed by atoms with Crippen LogP contribution in [0.4, 0.5) is 10.5 Å². The van der Waals surface area contributed by atoms with Gasteiger partial charge in [-0.1, -0.05) is 6.07 Å². The molecule has 1 heterocycles. The van der Waals surface area contributed by atoms with Gasteiger partial charge in [0.2, 0.25) is 0 Å². The predicted octanol–water partition coefficient (Wildman–Crippen LogP) is 0.414. The number of anilines is 1. The Morgan fingerprint density at radius 1 is 1.44 bits per heavy atom. The molecule has 0 saturated carbocycles. The van der Waals surface area contributed by atoms with Gasteiger partial charge in [-0.15, -0.1) is 5.10 Å². The molecule has 0 aliphatic rings. The Kier molecular flexibility index (Phi) is 2.77. The number of hydrogen-bond acceptors (Lipinski definition) is 4. The van der Waals surface area contributed by atoms with E-state index in [0.717, 1.165) is 5.69 Å². The maximum Gasteiger partial charge on any atom is 0.318 e. The highest BCUT2D eigenvalue weighted by Crippen LogP contribution is 2.12. The molecule has 0 bridgehead atoms. The van der Waals surface area contributed by atoms with Crippen LogP contribution in [0.3, 0.4) is 0 Å². The lowest BCUT2D eigenvalue weighted by Gasteiger charge is -2.05. The minimum atomic E-state index is -0.270. The zero-order chi connectivity index (χ0) is 11.4. The van der Waals surface area contributed by atoms with Gasteiger partial charge < -0.3 is 10.6 Å². The Morgan fingerprint density at radius 2 is 2.31 bits per heavy atom. The summed E-state index contributed by atoms with van der Waals surface area (Å²) in [4.78, 5) is 11.1. The van der Waals surface area contributed by atoms with Crippen LogP contribution in [0, 0.1) is 0 Å². The van der Waals surface area contributed by atoms with E-state index in [9.17, 15) is 4.79 Å². The van der Waals surface area contributed by atoms with Crippen molar-refractivity contribution in [3.63, 3.8) is 0 Å². The Bertz CT molecular complexity index is 481. The second-order valence-corrected chi connectivity index (χ2v) is 3.01. The number of nitrogens with zero attached hydrogens (tertiary/aromatic N) is 4. The van der Waals surface area contributed by atoms with Gasteiger partial charge in [0.15, 0.2) is 0 Å². The molecule has 82 valence electrons. The lowest BCUT2D eigenvalue weighted by Crippen LogP contribution is -2.24. The standard InChI is InChI=1S/C9H10N6O/c1-10-9(16)12-7-3-2-4-8(5-7)15-6-11-13-14-15/h2-6H,1H3,(H2,10,12,16). The van der Waals surface area contributed by atoms with E-state index in [2.05, 4.69) is 26.2 Å². The molecule has 16 heavy (non-hydrogen) atoms. The van der Waals surface area contributed by atoms with Crippen molar-refractivity contribution in [3.05, 3.63) is 30.6 Å². The molecule has 0 radical (unpaired) electrons. The van der Waals surface area contributed by atoms with Crippen molar-refractivity contribution in [2.24, 2.45) is 0 Å². The Morgan fingerprint density at radius 3 is 3.00 bits per heavy atom. The maximum absolute atomic E-state index is 11.1. The normalized spacial score (nSPS) is 9.81. The predicted molar refractivity (Wildman–Crippen MR) is 57.2 cm³/mol. The summed E-state index contributed by atoms with van der Waals surface area (Å²) < 4.78 is 1.51. The number of urea groups is 1. The lowest BCUT2D eigenvalue weighted by molar-refractivity contribution is 0.254. The minimum Gasteiger partial charge on any atom is -0.341 e. The first-order chi connectivity index (χ1) is 7.79. The average molecular weight is 218 g/mol. The average Bonchev–Trinajstić information content (AvgIpc) is 2.83. The molecule has 0 aliphatic heterocycles. The highest BCUT2D eigenvalue weighted by Gasteiger charge is 2.01. The van der Waals surface area contributed by atoms with E-state index in [0.29, 0.717) is 5.69 Å². The summed E-state index contributed by atoms with van der Waals surface area (Å²) in [5, 5.41) is 16.0. The highest BCUT2D eigenvalue weighted by molar-refractivity contribution is 5.89. The molecule has 1 aromatic heterocycles. The molecular formula is C9H10N6O. The first kappa shape index (κ1) is 10.1. The maximum atomic E-state index is 11.1. The van der Waals surface area contributed by atoms with E-state index in [1.807, 2.05) is 12.1 Å². The number of nitrogens with one attached hydrogen (secondary N) is 2. The van der Waals surface area contributed by atoms with Gasteiger partial charge in [0.1, 0.15) is 6.33 Å². The number of tetrazole rings is 1. The first-order valence-electron chi connectivity index (χ1n) is 4.62. The molecule has 0 unspecified atom stereocenters. The van der Waals surface area contributed by atoms with E-state index in [1.165, 1.54) is 11.0 Å². The third-order valence-electron chi connectivity index (χ3n) is 1.94. The number of aromatic nitrogens is 4. The number of carbonyl (C=O) groups is 1. The third kappa shape index (κ3) is 2.14.